The van der Waals surface area contributed by atoms with Gasteiger partial charge in [0.2, 0.25) is 5.91 Å². The molecule has 16 heavy (non-hydrogen) atoms. The number of nitriles is 1. The van der Waals surface area contributed by atoms with E-state index < -0.39 is 0 Å². The third-order valence-corrected chi connectivity index (χ3v) is 1.94. The molecule has 0 saturated heterocycles. The second-order valence-electron chi connectivity index (χ2n) is 3.75. The monoisotopic (exact) mass is 214 g/mol. The topological polar surface area (TPSA) is 52.9 Å². The Balaban J connectivity index is 2.59. The van der Waals surface area contributed by atoms with Crippen molar-refractivity contribution in [3.63, 3.8) is 0 Å². The van der Waals surface area contributed by atoms with Crippen molar-refractivity contribution in [2.24, 2.45) is 0 Å². The van der Waals surface area contributed by atoms with Gasteiger partial charge < -0.3 is 5.32 Å². The lowest BCUT2D eigenvalue weighted by Gasteiger charge is -2.03. The summed E-state index contributed by atoms with van der Waals surface area (Å²) < 4.78 is 0. The Bertz CT molecular complexity index is 451. The molecule has 82 valence electrons. The average molecular weight is 214 g/mol. The maximum absolute atomic E-state index is 11.3. The molecule has 0 atom stereocenters. The van der Waals surface area contributed by atoms with Crippen LogP contribution in [-0.2, 0) is 11.3 Å². The van der Waals surface area contributed by atoms with Gasteiger partial charge in [-0.3, -0.25) is 4.79 Å². The third-order valence-electron chi connectivity index (χ3n) is 1.94. The molecule has 1 rings (SSSR count). The van der Waals surface area contributed by atoms with E-state index in [4.69, 9.17) is 5.26 Å². The van der Waals surface area contributed by atoms with Gasteiger partial charge in [0.25, 0.3) is 0 Å². The number of benzene rings is 1. The van der Waals surface area contributed by atoms with Crippen molar-refractivity contribution in [1.29, 1.82) is 5.26 Å². The summed E-state index contributed by atoms with van der Waals surface area (Å²) in [6.07, 6.45) is 1.55. The first-order chi connectivity index (χ1) is 7.61. The highest BCUT2D eigenvalue weighted by Crippen LogP contribution is 2.03. The average Bonchev–Trinajstić information content (AvgIpc) is 2.26. The Morgan fingerprint density at radius 2 is 2.25 bits per heavy atom. The van der Waals surface area contributed by atoms with Crippen LogP contribution in [0.3, 0.4) is 0 Å². The summed E-state index contributed by atoms with van der Waals surface area (Å²) in [4.78, 5) is 11.3. The first-order valence-electron chi connectivity index (χ1n) is 5.03. The molecule has 0 aliphatic carbocycles. The van der Waals surface area contributed by atoms with Crippen molar-refractivity contribution >= 4 is 5.91 Å². The summed E-state index contributed by atoms with van der Waals surface area (Å²) in [5.74, 6) is -0.109. The van der Waals surface area contributed by atoms with E-state index >= 15 is 0 Å². The molecule has 0 unspecified atom stereocenters. The lowest BCUT2D eigenvalue weighted by Crippen LogP contribution is -2.20. The van der Waals surface area contributed by atoms with Crippen LogP contribution < -0.4 is 5.32 Å². The molecule has 0 bridgehead atoms. The molecule has 1 N–H and O–H groups in total. The number of nitrogens with zero attached hydrogens (tertiary/aromatic N) is 1. The van der Waals surface area contributed by atoms with Gasteiger partial charge in [-0.25, -0.2) is 0 Å². The fourth-order valence-electron chi connectivity index (χ4n) is 1.25. The molecule has 0 fully saturated rings. The Hall–Kier alpha value is -2.08. The van der Waals surface area contributed by atoms with Crippen molar-refractivity contribution in [1.82, 2.24) is 5.32 Å². The highest BCUT2D eigenvalue weighted by molar-refractivity contribution is 5.87. The molecule has 0 aliphatic rings. The molecule has 0 heterocycles. The van der Waals surface area contributed by atoms with Crippen molar-refractivity contribution in [2.45, 2.75) is 20.4 Å². The first-order valence-corrected chi connectivity index (χ1v) is 5.03. The Kier molecular flexibility index (Phi) is 4.28. The van der Waals surface area contributed by atoms with E-state index in [1.807, 2.05) is 19.9 Å². The highest BCUT2D eigenvalue weighted by atomic mass is 16.1. The Labute approximate surface area is 95.4 Å². The van der Waals surface area contributed by atoms with Gasteiger partial charge in [-0.05, 0) is 31.5 Å². The van der Waals surface area contributed by atoms with Crippen LogP contribution in [0.5, 0.6) is 0 Å². The number of hydrogen-bond acceptors (Lipinski definition) is 2. The number of allylic oxidation sites excluding steroid dienone is 1. The van der Waals surface area contributed by atoms with Crippen molar-refractivity contribution in [3.8, 4) is 6.07 Å². The van der Waals surface area contributed by atoms with Crippen LogP contribution in [0.1, 0.15) is 25.0 Å². The molecule has 1 aromatic rings. The largest absolute Gasteiger partial charge is 0.348 e. The fraction of sp³-hybridized carbons (Fsp3) is 0.231. The van der Waals surface area contributed by atoms with Gasteiger partial charge in [0.15, 0.2) is 0 Å². The van der Waals surface area contributed by atoms with Crippen LogP contribution >= 0.6 is 0 Å². The normalized spacial score (nSPS) is 9.06. The summed E-state index contributed by atoms with van der Waals surface area (Å²) in [7, 11) is 0. The molecule has 0 radical (unpaired) electrons. The van der Waals surface area contributed by atoms with Crippen LogP contribution in [0.4, 0.5) is 0 Å². The zero-order valence-electron chi connectivity index (χ0n) is 9.45. The van der Waals surface area contributed by atoms with E-state index in [0.29, 0.717) is 12.1 Å². The smallest absolute Gasteiger partial charge is 0.244 e. The second-order valence-corrected chi connectivity index (χ2v) is 3.75. The Morgan fingerprint density at radius 1 is 1.50 bits per heavy atom. The first kappa shape index (κ1) is 12.0. The predicted octanol–water partition coefficient (Wildman–Crippen LogP) is 2.14. The second kappa shape index (κ2) is 5.72. The highest BCUT2D eigenvalue weighted by Gasteiger charge is 1.98. The van der Waals surface area contributed by atoms with E-state index in [1.54, 1.807) is 24.3 Å². The fourth-order valence-corrected chi connectivity index (χ4v) is 1.25. The van der Waals surface area contributed by atoms with E-state index in [1.165, 1.54) is 0 Å². The molecule has 3 heteroatoms. The molecule has 1 aromatic carbocycles. The van der Waals surface area contributed by atoms with E-state index in [0.717, 1.165) is 11.1 Å². The van der Waals surface area contributed by atoms with Crippen LogP contribution in [0.15, 0.2) is 35.9 Å². The summed E-state index contributed by atoms with van der Waals surface area (Å²) in [6, 6.07) is 9.25. The van der Waals surface area contributed by atoms with Crippen LogP contribution in [0, 0.1) is 11.3 Å². The number of rotatable bonds is 3. The van der Waals surface area contributed by atoms with E-state index in [9.17, 15) is 4.79 Å². The van der Waals surface area contributed by atoms with E-state index in [2.05, 4.69) is 11.4 Å². The number of carbonyl (C=O) groups excluding carboxylic acids is 1. The number of nitrogens with one attached hydrogen (secondary N) is 1. The summed E-state index contributed by atoms with van der Waals surface area (Å²) in [5.41, 5.74) is 2.49. The predicted molar refractivity (Wildman–Crippen MR) is 62.4 cm³/mol. The summed E-state index contributed by atoms with van der Waals surface area (Å²) in [6.45, 7) is 4.18. The van der Waals surface area contributed by atoms with Gasteiger partial charge in [-0.1, -0.05) is 17.7 Å². The number of carbonyl (C=O) groups is 1. The molecule has 0 aliphatic heterocycles. The minimum absolute atomic E-state index is 0.109. The molecule has 0 spiro atoms. The van der Waals surface area contributed by atoms with Gasteiger partial charge in [0.05, 0.1) is 11.6 Å². The van der Waals surface area contributed by atoms with Crippen molar-refractivity contribution < 1.29 is 4.79 Å². The zero-order valence-corrected chi connectivity index (χ0v) is 9.45. The maximum Gasteiger partial charge on any atom is 0.244 e. The lowest BCUT2D eigenvalue weighted by atomic mass is 10.1. The minimum atomic E-state index is -0.109. The van der Waals surface area contributed by atoms with Gasteiger partial charge in [0, 0.05) is 12.6 Å². The lowest BCUT2D eigenvalue weighted by molar-refractivity contribution is -0.116. The molecular weight excluding hydrogens is 200 g/mol. The molecule has 1 amide bonds. The molecule has 0 saturated carbocycles. The molecular formula is C13H14N2O. The van der Waals surface area contributed by atoms with Crippen LogP contribution in [0.2, 0.25) is 0 Å². The molecule has 3 nitrogen and oxygen atoms in total. The van der Waals surface area contributed by atoms with Crippen molar-refractivity contribution in [2.75, 3.05) is 0 Å². The standard InChI is InChI=1S/C13H14N2O/c1-10(2)6-13(16)15-9-12-5-3-4-11(7-12)8-14/h3-7H,9H2,1-2H3,(H,15,16). The summed E-state index contributed by atoms with van der Waals surface area (Å²) >= 11 is 0. The van der Waals surface area contributed by atoms with Gasteiger partial charge in [0.1, 0.15) is 0 Å². The van der Waals surface area contributed by atoms with Gasteiger partial charge in [-0.15, -0.1) is 0 Å². The van der Waals surface area contributed by atoms with Crippen LogP contribution in [-0.4, -0.2) is 5.91 Å². The molecule has 0 aromatic heterocycles. The minimum Gasteiger partial charge on any atom is -0.348 e. The third kappa shape index (κ3) is 3.97. The number of amides is 1. The number of hydrogen-bond donors (Lipinski definition) is 1. The van der Waals surface area contributed by atoms with Gasteiger partial charge >= 0.3 is 0 Å². The van der Waals surface area contributed by atoms with Crippen LogP contribution in [0.25, 0.3) is 0 Å². The SMILES string of the molecule is CC(C)=CC(=O)NCc1cccc(C#N)c1. The Morgan fingerprint density at radius 3 is 2.88 bits per heavy atom. The van der Waals surface area contributed by atoms with Gasteiger partial charge in [-0.2, -0.15) is 5.26 Å². The van der Waals surface area contributed by atoms with Crippen molar-refractivity contribution in [3.05, 3.63) is 47.0 Å². The summed E-state index contributed by atoms with van der Waals surface area (Å²) in [5, 5.41) is 11.5. The van der Waals surface area contributed by atoms with E-state index in [-0.39, 0.29) is 5.91 Å². The maximum atomic E-state index is 11.3. The quantitative estimate of drug-likeness (QED) is 0.784. The zero-order chi connectivity index (χ0) is 12.0.